The van der Waals surface area contributed by atoms with Gasteiger partial charge in [0.15, 0.2) is 10.1 Å². The molecular weight excluding hydrogens is 372 g/mol. The molecule has 2 aromatic rings. The van der Waals surface area contributed by atoms with Crippen molar-refractivity contribution in [2.75, 3.05) is 24.7 Å². The summed E-state index contributed by atoms with van der Waals surface area (Å²) in [4.78, 5) is 23.9. The molecule has 9 heteroatoms. The molecule has 0 aromatic carbocycles. The number of hydrogen-bond acceptors (Lipinski definition) is 8. The summed E-state index contributed by atoms with van der Waals surface area (Å²) >= 11 is 2.85. The Morgan fingerprint density at radius 3 is 2.81 bits per heavy atom. The summed E-state index contributed by atoms with van der Waals surface area (Å²) in [5.74, 6) is 0.0966. The Labute approximate surface area is 161 Å². The van der Waals surface area contributed by atoms with Crippen LogP contribution in [0.15, 0.2) is 10.4 Å². The minimum Gasteiger partial charge on any atom is -0.469 e. The lowest BCUT2D eigenvalue weighted by molar-refractivity contribution is -0.140. The van der Waals surface area contributed by atoms with Crippen LogP contribution in [0.3, 0.4) is 0 Å². The van der Waals surface area contributed by atoms with E-state index < -0.39 is 0 Å². The molecule has 26 heavy (non-hydrogen) atoms. The Balaban J connectivity index is 1.96. The second kappa shape index (κ2) is 9.72. The first-order valence-corrected chi connectivity index (χ1v) is 10.2. The lowest BCUT2D eigenvalue weighted by Gasteiger charge is -2.08. The van der Waals surface area contributed by atoms with Crippen molar-refractivity contribution in [2.45, 2.75) is 44.5 Å². The molecule has 2 rings (SSSR count). The van der Waals surface area contributed by atoms with Gasteiger partial charge in [-0.25, -0.2) is 0 Å². The highest BCUT2D eigenvalue weighted by Crippen LogP contribution is 2.27. The quantitative estimate of drug-likeness (QED) is 0.374. The number of anilines is 1. The first-order valence-electron chi connectivity index (χ1n) is 8.43. The van der Waals surface area contributed by atoms with Crippen molar-refractivity contribution in [2.24, 2.45) is 0 Å². The number of ketones is 1. The van der Waals surface area contributed by atoms with Crippen molar-refractivity contribution in [1.82, 2.24) is 14.8 Å². The fraction of sp³-hybridized carbons (Fsp3) is 0.529. The van der Waals surface area contributed by atoms with E-state index in [1.54, 1.807) is 0 Å². The minimum atomic E-state index is -0.260. The third-order valence-electron chi connectivity index (χ3n) is 3.90. The van der Waals surface area contributed by atoms with E-state index in [2.05, 4.69) is 27.2 Å². The lowest BCUT2D eigenvalue weighted by Crippen LogP contribution is -2.10. The van der Waals surface area contributed by atoms with Gasteiger partial charge in [-0.15, -0.1) is 10.2 Å². The Morgan fingerprint density at radius 1 is 1.35 bits per heavy atom. The smallest absolute Gasteiger partial charge is 0.307 e. The second-order valence-corrected chi connectivity index (χ2v) is 7.97. The average molecular weight is 397 g/mol. The number of thioether (sulfide) groups is 1. The van der Waals surface area contributed by atoms with Crippen LogP contribution >= 0.6 is 23.1 Å². The summed E-state index contributed by atoms with van der Waals surface area (Å²) in [5.41, 5.74) is 2.52. The van der Waals surface area contributed by atoms with Crippen LogP contribution in [0.2, 0.25) is 0 Å². The standard InChI is InChI=1S/C17H24N4O3S2/c1-5-7-18-16-19-20-17(26-16)25-10-14(22)13-9-11(2)21(12(13)3)8-6-15(23)24-4/h9H,5-8,10H2,1-4H3,(H,18,19). The van der Waals surface area contributed by atoms with Gasteiger partial charge in [-0.1, -0.05) is 30.0 Å². The van der Waals surface area contributed by atoms with Crippen molar-refractivity contribution in [1.29, 1.82) is 0 Å². The molecule has 2 aromatic heterocycles. The molecule has 7 nitrogen and oxygen atoms in total. The number of methoxy groups -OCH3 is 1. The molecule has 0 saturated heterocycles. The number of hydrogen-bond donors (Lipinski definition) is 1. The predicted molar refractivity (Wildman–Crippen MR) is 104 cm³/mol. The summed E-state index contributed by atoms with van der Waals surface area (Å²) in [6, 6.07) is 1.88. The molecule has 0 fully saturated rings. The lowest BCUT2D eigenvalue weighted by atomic mass is 10.2. The Bertz CT molecular complexity index is 770. The van der Waals surface area contributed by atoms with Crippen LogP contribution < -0.4 is 5.32 Å². The number of nitrogens with one attached hydrogen (secondary N) is 1. The molecule has 0 saturated carbocycles. The van der Waals surface area contributed by atoms with Gasteiger partial charge in [0.2, 0.25) is 5.13 Å². The molecule has 0 unspecified atom stereocenters. The van der Waals surface area contributed by atoms with Crippen LogP contribution in [0.4, 0.5) is 5.13 Å². The molecule has 0 amide bonds. The van der Waals surface area contributed by atoms with Crippen LogP contribution in [0.25, 0.3) is 0 Å². The second-order valence-electron chi connectivity index (χ2n) is 5.77. The summed E-state index contributed by atoms with van der Waals surface area (Å²) in [6.07, 6.45) is 1.31. The number of nitrogens with zero attached hydrogens (tertiary/aromatic N) is 3. The molecule has 0 aliphatic rings. The Hall–Kier alpha value is -1.87. The highest BCUT2D eigenvalue weighted by molar-refractivity contribution is 8.01. The minimum absolute atomic E-state index is 0.0469. The van der Waals surface area contributed by atoms with E-state index in [0.717, 1.165) is 33.8 Å². The highest BCUT2D eigenvalue weighted by atomic mass is 32.2. The molecule has 0 aliphatic heterocycles. The van der Waals surface area contributed by atoms with E-state index in [-0.39, 0.29) is 18.2 Å². The molecule has 0 radical (unpaired) electrons. The van der Waals surface area contributed by atoms with Gasteiger partial charge in [0, 0.05) is 30.0 Å². The average Bonchev–Trinajstić information content (AvgIpc) is 3.20. The van der Waals surface area contributed by atoms with Gasteiger partial charge in [-0.05, 0) is 26.3 Å². The van der Waals surface area contributed by atoms with Gasteiger partial charge in [-0.2, -0.15) is 0 Å². The van der Waals surface area contributed by atoms with Crippen LogP contribution in [-0.4, -0.2) is 45.9 Å². The number of Topliss-reactive ketones (excluding diaryl/α,β-unsaturated/α-hetero) is 1. The zero-order chi connectivity index (χ0) is 19.1. The van der Waals surface area contributed by atoms with E-state index in [4.69, 9.17) is 0 Å². The monoisotopic (exact) mass is 396 g/mol. The zero-order valence-electron chi connectivity index (χ0n) is 15.5. The number of esters is 1. The third kappa shape index (κ3) is 5.31. The number of rotatable bonds is 10. The predicted octanol–water partition coefficient (Wildman–Crippen LogP) is 3.32. The fourth-order valence-electron chi connectivity index (χ4n) is 2.51. The van der Waals surface area contributed by atoms with Gasteiger partial charge >= 0.3 is 5.97 Å². The topological polar surface area (TPSA) is 86.1 Å². The van der Waals surface area contributed by atoms with E-state index in [1.165, 1.54) is 30.2 Å². The van der Waals surface area contributed by atoms with E-state index >= 15 is 0 Å². The molecule has 0 aliphatic carbocycles. The maximum absolute atomic E-state index is 12.6. The van der Waals surface area contributed by atoms with E-state index in [1.807, 2.05) is 24.5 Å². The molecule has 1 N–H and O–H groups in total. The number of aryl methyl sites for hydroxylation is 1. The SMILES string of the molecule is CCCNc1nnc(SCC(=O)c2cc(C)n(CCC(=O)OC)c2C)s1. The summed E-state index contributed by atoms with van der Waals surface area (Å²) in [6.45, 7) is 7.29. The Morgan fingerprint density at radius 2 is 2.12 bits per heavy atom. The number of ether oxygens (including phenoxy) is 1. The molecule has 0 bridgehead atoms. The highest BCUT2D eigenvalue weighted by Gasteiger charge is 2.17. The van der Waals surface area contributed by atoms with Crippen molar-refractivity contribution < 1.29 is 14.3 Å². The van der Waals surface area contributed by atoms with Crippen LogP contribution in [0.5, 0.6) is 0 Å². The molecule has 0 atom stereocenters. The Kier molecular flexibility index (Phi) is 7.65. The van der Waals surface area contributed by atoms with Crippen molar-refractivity contribution in [3.05, 3.63) is 23.0 Å². The van der Waals surface area contributed by atoms with Gasteiger partial charge in [0.25, 0.3) is 0 Å². The van der Waals surface area contributed by atoms with Crippen LogP contribution in [0, 0.1) is 13.8 Å². The van der Waals surface area contributed by atoms with Gasteiger partial charge < -0.3 is 14.6 Å². The van der Waals surface area contributed by atoms with Gasteiger partial charge in [0.05, 0.1) is 19.3 Å². The van der Waals surface area contributed by atoms with Crippen molar-refractivity contribution in [3.63, 3.8) is 0 Å². The van der Waals surface area contributed by atoms with Gasteiger partial charge in [0.1, 0.15) is 0 Å². The fourth-order valence-corrected chi connectivity index (χ4v) is 4.17. The van der Waals surface area contributed by atoms with Crippen molar-refractivity contribution in [3.8, 4) is 0 Å². The first kappa shape index (κ1) is 20.4. The van der Waals surface area contributed by atoms with E-state index in [0.29, 0.717) is 17.9 Å². The largest absolute Gasteiger partial charge is 0.469 e. The number of aromatic nitrogens is 3. The number of carbonyl (C=O) groups excluding carboxylic acids is 2. The summed E-state index contributed by atoms with van der Waals surface area (Å²) in [5, 5.41) is 12.1. The van der Waals surface area contributed by atoms with Crippen LogP contribution in [-0.2, 0) is 16.1 Å². The van der Waals surface area contributed by atoms with Crippen LogP contribution in [0.1, 0.15) is 41.5 Å². The molecule has 142 valence electrons. The summed E-state index contributed by atoms with van der Waals surface area (Å²) in [7, 11) is 1.38. The van der Waals surface area contributed by atoms with E-state index in [9.17, 15) is 9.59 Å². The normalized spacial score (nSPS) is 10.8. The third-order valence-corrected chi connectivity index (χ3v) is 5.91. The maximum atomic E-state index is 12.6. The van der Waals surface area contributed by atoms with Crippen molar-refractivity contribution >= 4 is 40.0 Å². The van der Waals surface area contributed by atoms with Gasteiger partial charge in [-0.3, -0.25) is 9.59 Å². The zero-order valence-corrected chi connectivity index (χ0v) is 17.1. The molecule has 0 spiro atoms. The summed E-state index contributed by atoms with van der Waals surface area (Å²) < 4.78 is 7.43. The number of carbonyl (C=O) groups is 2. The molecule has 2 heterocycles. The molecular formula is C17H24N4O3S2. The first-order chi connectivity index (χ1) is 12.5. The maximum Gasteiger partial charge on any atom is 0.307 e.